The number of anilines is 1. The van der Waals surface area contributed by atoms with E-state index in [1.54, 1.807) is 36.4 Å². The monoisotopic (exact) mass is 396 g/mol. The predicted molar refractivity (Wildman–Crippen MR) is 101 cm³/mol. The van der Waals surface area contributed by atoms with Crippen molar-refractivity contribution < 1.29 is 27.9 Å². The van der Waals surface area contributed by atoms with Gasteiger partial charge in [0.15, 0.2) is 17.3 Å². The number of nitrogens with zero attached hydrogens (tertiary/aromatic N) is 1. The Morgan fingerprint density at radius 2 is 1.83 bits per heavy atom. The zero-order chi connectivity index (χ0) is 20.2. The second kappa shape index (κ2) is 8.05. The highest BCUT2D eigenvalue weighted by Gasteiger charge is 2.25. The number of hydrogen-bond acceptors (Lipinski definition) is 5. The summed E-state index contributed by atoms with van der Waals surface area (Å²) < 4.78 is 28.9. The fraction of sp³-hybridized carbons (Fsp3) is 0.143. The Kier molecular flexibility index (Phi) is 5.15. The Balaban J connectivity index is 1.51. The van der Waals surface area contributed by atoms with Crippen LogP contribution in [0.2, 0.25) is 0 Å². The lowest BCUT2D eigenvalue weighted by molar-refractivity contribution is -0.119. The average molecular weight is 396 g/mol. The molecule has 0 spiro atoms. The van der Waals surface area contributed by atoms with Crippen LogP contribution in [0.3, 0.4) is 0 Å². The van der Waals surface area contributed by atoms with Crippen molar-refractivity contribution in [3.05, 3.63) is 78.0 Å². The van der Waals surface area contributed by atoms with Gasteiger partial charge in [-0.3, -0.25) is 14.5 Å². The largest absolute Gasteiger partial charge is 0.459 e. The Morgan fingerprint density at radius 3 is 2.59 bits per heavy atom. The Labute approximate surface area is 165 Å². The summed E-state index contributed by atoms with van der Waals surface area (Å²) >= 11 is 0. The van der Waals surface area contributed by atoms with Crippen molar-refractivity contribution in [3.63, 3.8) is 0 Å². The summed E-state index contributed by atoms with van der Waals surface area (Å²) in [6, 6.07) is 13.9. The van der Waals surface area contributed by atoms with Crippen LogP contribution >= 0.6 is 0 Å². The van der Waals surface area contributed by atoms with Crippen LogP contribution in [0.1, 0.15) is 16.1 Å². The van der Waals surface area contributed by atoms with E-state index in [-0.39, 0.29) is 37.4 Å². The minimum Gasteiger partial charge on any atom is -0.459 e. The number of hydrogen-bond donors (Lipinski definition) is 1. The number of ether oxygens (including phenoxy) is 2. The molecule has 4 rings (SSSR count). The topological polar surface area (TPSA) is 81.0 Å². The van der Waals surface area contributed by atoms with Gasteiger partial charge in [0, 0.05) is 18.3 Å². The first kappa shape index (κ1) is 18.5. The molecule has 0 aliphatic carbocycles. The summed E-state index contributed by atoms with van der Waals surface area (Å²) in [5.41, 5.74) is 1.21. The molecule has 3 aromatic rings. The first-order chi connectivity index (χ1) is 14.1. The lowest BCUT2D eigenvalue weighted by Gasteiger charge is -2.21. The van der Waals surface area contributed by atoms with Crippen molar-refractivity contribution in [1.82, 2.24) is 5.32 Å². The van der Waals surface area contributed by atoms with Gasteiger partial charge in [-0.2, -0.15) is 0 Å². The Bertz CT molecular complexity index is 1020. The van der Waals surface area contributed by atoms with Gasteiger partial charge in [0.05, 0.1) is 6.26 Å². The van der Waals surface area contributed by atoms with Crippen LogP contribution in [0.4, 0.5) is 10.1 Å². The molecule has 0 atom stereocenters. The molecule has 0 fully saturated rings. The van der Waals surface area contributed by atoms with Crippen molar-refractivity contribution in [2.24, 2.45) is 0 Å². The maximum atomic E-state index is 13.0. The first-order valence-electron chi connectivity index (χ1n) is 8.86. The molecular weight excluding hydrogens is 379 g/mol. The number of amides is 2. The highest BCUT2D eigenvalue weighted by molar-refractivity contribution is 6.07. The minimum atomic E-state index is -0.467. The molecule has 7 nitrogen and oxygen atoms in total. The maximum Gasteiger partial charge on any atom is 0.294 e. The van der Waals surface area contributed by atoms with E-state index < -0.39 is 5.91 Å². The Hall–Kier alpha value is -3.81. The molecule has 0 bridgehead atoms. The van der Waals surface area contributed by atoms with Gasteiger partial charge in [0.1, 0.15) is 12.4 Å². The van der Waals surface area contributed by atoms with Gasteiger partial charge in [-0.1, -0.05) is 12.1 Å². The highest BCUT2D eigenvalue weighted by Crippen LogP contribution is 2.35. The van der Waals surface area contributed by atoms with Crippen LogP contribution in [-0.4, -0.2) is 25.2 Å². The molecule has 2 aromatic carbocycles. The molecule has 2 amide bonds. The van der Waals surface area contributed by atoms with Crippen molar-refractivity contribution in [2.45, 2.75) is 6.54 Å². The fourth-order valence-electron chi connectivity index (χ4n) is 2.87. The number of rotatable bonds is 6. The molecule has 8 heteroatoms. The summed E-state index contributed by atoms with van der Waals surface area (Å²) in [7, 11) is 0. The number of fused-ring (bicyclic) bond motifs is 1. The molecular formula is C21H17FN2O5. The van der Waals surface area contributed by atoms with Gasteiger partial charge in [-0.15, -0.1) is 0 Å². The third kappa shape index (κ3) is 4.21. The third-order valence-electron chi connectivity index (χ3n) is 4.35. The molecule has 1 aromatic heterocycles. The summed E-state index contributed by atoms with van der Waals surface area (Å²) in [4.78, 5) is 26.7. The van der Waals surface area contributed by atoms with E-state index >= 15 is 0 Å². The molecule has 1 aliphatic rings. The predicted octanol–water partition coefficient (Wildman–Crippen LogP) is 3.11. The van der Waals surface area contributed by atoms with Crippen LogP contribution in [0.5, 0.6) is 11.5 Å². The van der Waals surface area contributed by atoms with Gasteiger partial charge < -0.3 is 19.2 Å². The van der Waals surface area contributed by atoms with E-state index in [9.17, 15) is 14.0 Å². The number of benzene rings is 2. The molecule has 0 unspecified atom stereocenters. The SMILES string of the molecule is O=C(CN(C(=O)c1ccco1)c1ccc2c(c1)OCO2)NCc1ccc(F)cc1. The number of carbonyl (C=O) groups is 2. The van der Waals surface area contributed by atoms with E-state index in [1.807, 2.05) is 0 Å². The van der Waals surface area contributed by atoms with Crippen molar-refractivity contribution >= 4 is 17.5 Å². The van der Waals surface area contributed by atoms with Crippen LogP contribution < -0.4 is 19.7 Å². The van der Waals surface area contributed by atoms with Crippen molar-refractivity contribution in [1.29, 1.82) is 0 Å². The van der Waals surface area contributed by atoms with E-state index in [4.69, 9.17) is 13.9 Å². The molecule has 0 saturated heterocycles. The van der Waals surface area contributed by atoms with Gasteiger partial charge >= 0.3 is 0 Å². The second-order valence-corrected chi connectivity index (χ2v) is 6.31. The molecule has 2 heterocycles. The quantitative estimate of drug-likeness (QED) is 0.693. The number of nitrogens with one attached hydrogen (secondary N) is 1. The van der Waals surface area contributed by atoms with Gasteiger partial charge in [-0.05, 0) is 42.0 Å². The lowest BCUT2D eigenvalue weighted by atomic mass is 10.2. The smallest absolute Gasteiger partial charge is 0.294 e. The number of furan rings is 1. The normalized spacial score (nSPS) is 11.9. The Morgan fingerprint density at radius 1 is 1.03 bits per heavy atom. The molecule has 148 valence electrons. The van der Waals surface area contributed by atoms with Gasteiger partial charge in [0.25, 0.3) is 5.91 Å². The molecule has 29 heavy (non-hydrogen) atoms. The van der Waals surface area contributed by atoms with E-state index in [2.05, 4.69) is 5.32 Å². The zero-order valence-electron chi connectivity index (χ0n) is 15.3. The van der Waals surface area contributed by atoms with Crippen molar-refractivity contribution in [2.75, 3.05) is 18.2 Å². The van der Waals surface area contributed by atoms with Crippen LogP contribution in [0.25, 0.3) is 0 Å². The first-order valence-corrected chi connectivity index (χ1v) is 8.86. The van der Waals surface area contributed by atoms with Gasteiger partial charge in [-0.25, -0.2) is 4.39 Å². The van der Waals surface area contributed by atoms with Crippen LogP contribution in [0.15, 0.2) is 65.3 Å². The molecule has 0 radical (unpaired) electrons. The molecule has 0 saturated carbocycles. The molecule has 1 aliphatic heterocycles. The van der Waals surface area contributed by atoms with E-state index in [1.165, 1.54) is 29.4 Å². The zero-order valence-corrected chi connectivity index (χ0v) is 15.3. The highest BCUT2D eigenvalue weighted by atomic mass is 19.1. The summed E-state index contributed by atoms with van der Waals surface area (Å²) in [6.07, 6.45) is 1.39. The van der Waals surface area contributed by atoms with Gasteiger partial charge in [0.2, 0.25) is 12.7 Å². The van der Waals surface area contributed by atoms with Crippen LogP contribution in [-0.2, 0) is 11.3 Å². The third-order valence-corrected chi connectivity index (χ3v) is 4.35. The summed E-state index contributed by atoms with van der Waals surface area (Å²) in [5.74, 6) is -0.0313. The number of carbonyl (C=O) groups excluding carboxylic acids is 2. The van der Waals surface area contributed by atoms with Crippen molar-refractivity contribution in [3.8, 4) is 11.5 Å². The maximum absolute atomic E-state index is 13.0. The summed E-state index contributed by atoms with van der Waals surface area (Å²) in [5, 5.41) is 2.73. The second-order valence-electron chi connectivity index (χ2n) is 6.31. The number of halogens is 1. The minimum absolute atomic E-state index is 0.100. The van der Waals surface area contributed by atoms with E-state index in [0.717, 1.165) is 5.56 Å². The standard InChI is InChI=1S/C21H17FN2O5/c22-15-5-3-14(4-6-15)11-23-20(25)12-24(21(26)18-2-1-9-27-18)16-7-8-17-19(10-16)29-13-28-17/h1-10H,11-13H2,(H,23,25). The average Bonchev–Trinajstić information content (AvgIpc) is 3.42. The van der Waals surface area contributed by atoms with Crippen LogP contribution in [0, 0.1) is 5.82 Å². The lowest BCUT2D eigenvalue weighted by Crippen LogP contribution is -2.40. The fourth-order valence-corrected chi connectivity index (χ4v) is 2.87. The molecule has 1 N–H and O–H groups in total. The van der Waals surface area contributed by atoms with E-state index in [0.29, 0.717) is 17.2 Å². The summed E-state index contributed by atoms with van der Waals surface area (Å²) in [6.45, 7) is 0.0759.